The second kappa shape index (κ2) is 7.98. The van der Waals surface area contributed by atoms with Crippen molar-refractivity contribution in [1.29, 1.82) is 0 Å². The number of unbranched alkanes of at least 4 members (excludes halogenated alkanes) is 1. The van der Waals surface area contributed by atoms with Crippen molar-refractivity contribution in [1.82, 2.24) is 0 Å². The van der Waals surface area contributed by atoms with Crippen molar-refractivity contribution < 1.29 is 10.2 Å². The molecule has 0 saturated heterocycles. The van der Waals surface area contributed by atoms with Gasteiger partial charge < -0.3 is 15.9 Å². The molecule has 0 aromatic heterocycles. The summed E-state index contributed by atoms with van der Waals surface area (Å²) in [6.45, 7) is 0.876. The molecule has 68 valence electrons. The first-order valence-corrected chi connectivity index (χ1v) is 4.30. The van der Waals surface area contributed by atoms with Crippen molar-refractivity contribution in [2.24, 2.45) is 5.73 Å². The maximum Gasteiger partial charge on any atom is 0.0540 e. The Labute approximate surface area is 68.2 Å². The Balaban J connectivity index is 3.02. The third-order valence-corrected chi connectivity index (χ3v) is 1.69. The van der Waals surface area contributed by atoms with Gasteiger partial charge in [0.1, 0.15) is 0 Å². The lowest BCUT2D eigenvalue weighted by atomic mass is 10.1. The highest BCUT2D eigenvalue weighted by atomic mass is 16.3. The number of aliphatic hydroxyl groups excluding tert-OH is 2. The van der Waals surface area contributed by atoms with Gasteiger partial charge in [-0.1, -0.05) is 0 Å². The minimum atomic E-state index is -0.218. The van der Waals surface area contributed by atoms with Crippen molar-refractivity contribution in [2.45, 2.75) is 38.2 Å². The van der Waals surface area contributed by atoms with Crippen LogP contribution in [-0.2, 0) is 0 Å². The van der Waals surface area contributed by atoms with Crippen LogP contribution >= 0.6 is 0 Å². The molecule has 1 unspecified atom stereocenters. The molecule has 11 heavy (non-hydrogen) atoms. The van der Waals surface area contributed by atoms with E-state index in [1.807, 2.05) is 0 Å². The molecule has 0 rings (SSSR count). The second-order valence-electron chi connectivity index (χ2n) is 2.80. The molecule has 1 atom stereocenters. The molecule has 3 heteroatoms. The largest absolute Gasteiger partial charge is 0.396 e. The summed E-state index contributed by atoms with van der Waals surface area (Å²) in [5, 5.41) is 17.7. The summed E-state index contributed by atoms with van der Waals surface area (Å²) in [5.74, 6) is 0. The average molecular weight is 161 g/mol. The van der Waals surface area contributed by atoms with Gasteiger partial charge in [0.05, 0.1) is 6.10 Å². The summed E-state index contributed by atoms with van der Waals surface area (Å²) < 4.78 is 0. The second-order valence-corrected chi connectivity index (χ2v) is 2.80. The molecule has 0 aliphatic carbocycles. The van der Waals surface area contributed by atoms with E-state index in [4.69, 9.17) is 10.8 Å². The first kappa shape index (κ1) is 10.9. The van der Waals surface area contributed by atoms with E-state index >= 15 is 0 Å². The zero-order chi connectivity index (χ0) is 8.53. The van der Waals surface area contributed by atoms with Crippen LogP contribution in [-0.4, -0.2) is 29.5 Å². The Hall–Kier alpha value is -0.120. The maximum atomic E-state index is 9.27. The van der Waals surface area contributed by atoms with E-state index in [1.54, 1.807) is 0 Å². The number of aliphatic hydroxyl groups is 2. The lowest BCUT2D eigenvalue weighted by molar-refractivity contribution is 0.146. The van der Waals surface area contributed by atoms with Crippen LogP contribution in [0, 0.1) is 0 Å². The fourth-order valence-electron chi connectivity index (χ4n) is 0.990. The van der Waals surface area contributed by atoms with Gasteiger partial charge in [0.25, 0.3) is 0 Å². The zero-order valence-corrected chi connectivity index (χ0v) is 7.00. The Kier molecular flexibility index (Phi) is 7.89. The van der Waals surface area contributed by atoms with Crippen molar-refractivity contribution in [3.63, 3.8) is 0 Å². The molecule has 0 aromatic rings. The van der Waals surface area contributed by atoms with Gasteiger partial charge in [-0.05, 0) is 38.6 Å². The quantitative estimate of drug-likeness (QED) is 0.469. The van der Waals surface area contributed by atoms with E-state index in [0.29, 0.717) is 6.54 Å². The molecular formula is C8H19NO2. The number of rotatable bonds is 7. The van der Waals surface area contributed by atoms with E-state index < -0.39 is 0 Å². The molecule has 0 amide bonds. The van der Waals surface area contributed by atoms with Crippen LogP contribution in [0.3, 0.4) is 0 Å². The van der Waals surface area contributed by atoms with E-state index in [0.717, 1.165) is 32.1 Å². The van der Waals surface area contributed by atoms with Crippen LogP contribution in [0.25, 0.3) is 0 Å². The standard InChI is InChI=1S/C8H19NO2/c9-6-3-5-8(11)4-1-2-7-10/h8,10-11H,1-7,9H2. The van der Waals surface area contributed by atoms with E-state index in [2.05, 4.69) is 0 Å². The van der Waals surface area contributed by atoms with Gasteiger partial charge in [-0.2, -0.15) is 0 Å². The highest BCUT2D eigenvalue weighted by molar-refractivity contribution is 4.56. The molecule has 4 N–H and O–H groups in total. The topological polar surface area (TPSA) is 66.5 Å². The normalized spacial score (nSPS) is 13.4. The first-order valence-electron chi connectivity index (χ1n) is 4.30. The molecule has 0 spiro atoms. The third kappa shape index (κ3) is 7.78. The summed E-state index contributed by atoms with van der Waals surface area (Å²) >= 11 is 0. The SMILES string of the molecule is NCCCC(O)CCCCO. The van der Waals surface area contributed by atoms with Gasteiger partial charge in [-0.3, -0.25) is 0 Å². The van der Waals surface area contributed by atoms with Crippen LogP contribution in [0.5, 0.6) is 0 Å². The minimum absolute atomic E-state index is 0.218. The monoisotopic (exact) mass is 161 g/mol. The van der Waals surface area contributed by atoms with E-state index in [1.165, 1.54) is 0 Å². The van der Waals surface area contributed by atoms with Crippen molar-refractivity contribution >= 4 is 0 Å². The van der Waals surface area contributed by atoms with Crippen molar-refractivity contribution in [2.75, 3.05) is 13.2 Å². The number of hydrogen-bond acceptors (Lipinski definition) is 3. The lowest BCUT2D eigenvalue weighted by Gasteiger charge is -2.08. The van der Waals surface area contributed by atoms with Gasteiger partial charge in [0.2, 0.25) is 0 Å². The van der Waals surface area contributed by atoms with Gasteiger partial charge in [-0.15, -0.1) is 0 Å². The molecule has 0 aliphatic rings. The number of hydrogen-bond donors (Lipinski definition) is 3. The van der Waals surface area contributed by atoms with E-state index in [9.17, 15) is 5.11 Å². The molecule has 0 aromatic carbocycles. The molecule has 0 heterocycles. The molecule has 0 aliphatic heterocycles. The Morgan fingerprint density at radius 2 is 1.73 bits per heavy atom. The van der Waals surface area contributed by atoms with Gasteiger partial charge in [0, 0.05) is 6.61 Å². The first-order chi connectivity index (χ1) is 5.31. The smallest absolute Gasteiger partial charge is 0.0540 e. The Bertz CT molecular complexity index is 78.5. The van der Waals surface area contributed by atoms with Crippen molar-refractivity contribution in [3.8, 4) is 0 Å². The molecule has 0 radical (unpaired) electrons. The Morgan fingerprint density at radius 3 is 2.27 bits per heavy atom. The predicted molar refractivity (Wildman–Crippen MR) is 45.2 cm³/mol. The Morgan fingerprint density at radius 1 is 1.09 bits per heavy atom. The molecule has 0 fully saturated rings. The molecule has 3 nitrogen and oxygen atoms in total. The number of nitrogens with two attached hydrogens (primary N) is 1. The highest BCUT2D eigenvalue weighted by Gasteiger charge is 2.01. The molecular weight excluding hydrogens is 142 g/mol. The predicted octanol–water partition coefficient (Wildman–Crippen LogP) is 0.249. The van der Waals surface area contributed by atoms with Crippen LogP contribution in [0.15, 0.2) is 0 Å². The minimum Gasteiger partial charge on any atom is -0.396 e. The summed E-state index contributed by atoms with van der Waals surface area (Å²) in [4.78, 5) is 0. The highest BCUT2D eigenvalue weighted by Crippen LogP contribution is 2.05. The molecule has 0 bridgehead atoms. The summed E-state index contributed by atoms with van der Waals surface area (Å²) in [5.41, 5.74) is 5.28. The van der Waals surface area contributed by atoms with Gasteiger partial charge in [-0.25, -0.2) is 0 Å². The van der Waals surface area contributed by atoms with E-state index in [-0.39, 0.29) is 12.7 Å². The summed E-state index contributed by atoms with van der Waals surface area (Å²) in [6.07, 6.45) is 3.95. The van der Waals surface area contributed by atoms with Gasteiger partial charge in [0.15, 0.2) is 0 Å². The van der Waals surface area contributed by atoms with Crippen molar-refractivity contribution in [3.05, 3.63) is 0 Å². The van der Waals surface area contributed by atoms with Crippen LogP contribution in [0.1, 0.15) is 32.1 Å². The zero-order valence-electron chi connectivity index (χ0n) is 7.00. The fourth-order valence-corrected chi connectivity index (χ4v) is 0.990. The summed E-state index contributed by atoms with van der Waals surface area (Å²) in [6, 6.07) is 0. The average Bonchev–Trinajstić information content (AvgIpc) is 2.01. The lowest BCUT2D eigenvalue weighted by Crippen LogP contribution is -2.09. The third-order valence-electron chi connectivity index (χ3n) is 1.69. The van der Waals surface area contributed by atoms with Gasteiger partial charge >= 0.3 is 0 Å². The van der Waals surface area contributed by atoms with Crippen LogP contribution in [0.2, 0.25) is 0 Å². The molecule has 0 saturated carbocycles. The van der Waals surface area contributed by atoms with Crippen LogP contribution < -0.4 is 5.73 Å². The maximum absolute atomic E-state index is 9.27. The summed E-state index contributed by atoms with van der Waals surface area (Å²) in [7, 11) is 0. The van der Waals surface area contributed by atoms with Crippen LogP contribution in [0.4, 0.5) is 0 Å². The fraction of sp³-hybridized carbons (Fsp3) is 1.00.